The second-order valence-electron chi connectivity index (χ2n) is 4.42. The molecule has 0 unspecified atom stereocenters. The first kappa shape index (κ1) is 15.6. The van der Waals surface area contributed by atoms with Gasteiger partial charge < -0.3 is 15.4 Å². The third-order valence-electron chi connectivity index (χ3n) is 2.82. The molecule has 0 atom stereocenters. The van der Waals surface area contributed by atoms with Gasteiger partial charge in [0.25, 0.3) is 0 Å². The summed E-state index contributed by atoms with van der Waals surface area (Å²) in [5.74, 6) is 0.148. The summed E-state index contributed by atoms with van der Waals surface area (Å²) in [5, 5.41) is 0. The van der Waals surface area contributed by atoms with Crippen molar-refractivity contribution in [3.8, 4) is 0 Å². The number of hydrogen-bond donors (Lipinski definition) is 1. The Morgan fingerprint density at radius 3 is 2.95 bits per heavy atom. The second kappa shape index (κ2) is 9.47. The molecule has 5 heteroatoms. The second-order valence-corrected chi connectivity index (χ2v) is 4.42. The Balaban J connectivity index is 2.53. The summed E-state index contributed by atoms with van der Waals surface area (Å²) < 4.78 is 4.97. The number of nitrogens with two attached hydrogens (primary N) is 1. The van der Waals surface area contributed by atoms with Crippen LogP contribution in [0, 0.1) is 0 Å². The molecular formula is C14H23N3O2. The summed E-state index contributed by atoms with van der Waals surface area (Å²) in [5.41, 5.74) is 6.56. The number of hydrogen-bond acceptors (Lipinski definition) is 4. The van der Waals surface area contributed by atoms with Crippen LogP contribution in [-0.4, -0.2) is 42.6 Å². The standard InChI is InChI=1S/C14H23N3O2/c1-19-10-3-6-14(18)17(9-4-7-15)12-13-5-2-8-16-11-13/h2,5,8,11H,3-4,6-7,9-10,12,15H2,1H3. The van der Waals surface area contributed by atoms with Crippen LogP contribution < -0.4 is 5.73 Å². The van der Waals surface area contributed by atoms with Gasteiger partial charge in [0, 0.05) is 45.6 Å². The van der Waals surface area contributed by atoms with Crippen LogP contribution in [0.3, 0.4) is 0 Å². The molecule has 0 saturated carbocycles. The van der Waals surface area contributed by atoms with Crippen molar-refractivity contribution < 1.29 is 9.53 Å². The van der Waals surface area contributed by atoms with Crippen LogP contribution >= 0.6 is 0 Å². The van der Waals surface area contributed by atoms with E-state index in [1.807, 2.05) is 17.0 Å². The van der Waals surface area contributed by atoms with Crippen LogP contribution in [0.25, 0.3) is 0 Å². The largest absolute Gasteiger partial charge is 0.385 e. The van der Waals surface area contributed by atoms with E-state index in [0.29, 0.717) is 32.7 Å². The molecule has 0 fully saturated rings. The van der Waals surface area contributed by atoms with Gasteiger partial charge in [-0.1, -0.05) is 6.07 Å². The Morgan fingerprint density at radius 2 is 2.32 bits per heavy atom. The molecule has 1 amide bonds. The maximum absolute atomic E-state index is 12.1. The van der Waals surface area contributed by atoms with Gasteiger partial charge in [-0.05, 0) is 31.0 Å². The zero-order valence-electron chi connectivity index (χ0n) is 11.5. The number of amides is 1. The van der Waals surface area contributed by atoms with Crippen LogP contribution in [0.2, 0.25) is 0 Å². The maximum Gasteiger partial charge on any atom is 0.222 e. The smallest absolute Gasteiger partial charge is 0.222 e. The molecule has 0 aromatic carbocycles. The van der Waals surface area contributed by atoms with Gasteiger partial charge in [-0.3, -0.25) is 9.78 Å². The van der Waals surface area contributed by atoms with Gasteiger partial charge in [0.1, 0.15) is 0 Å². The molecule has 0 aliphatic carbocycles. The molecule has 19 heavy (non-hydrogen) atoms. The van der Waals surface area contributed by atoms with E-state index < -0.39 is 0 Å². The van der Waals surface area contributed by atoms with Crippen molar-refractivity contribution in [2.24, 2.45) is 5.73 Å². The molecule has 0 radical (unpaired) electrons. The van der Waals surface area contributed by atoms with E-state index in [1.54, 1.807) is 19.5 Å². The zero-order valence-corrected chi connectivity index (χ0v) is 11.5. The Labute approximate surface area is 114 Å². The number of rotatable bonds is 9. The lowest BCUT2D eigenvalue weighted by Crippen LogP contribution is -2.32. The lowest BCUT2D eigenvalue weighted by molar-refractivity contribution is -0.132. The van der Waals surface area contributed by atoms with Gasteiger partial charge >= 0.3 is 0 Å². The number of methoxy groups -OCH3 is 1. The molecule has 1 aromatic rings. The molecule has 1 aromatic heterocycles. The molecule has 2 N–H and O–H groups in total. The molecule has 0 saturated heterocycles. The first-order valence-corrected chi connectivity index (χ1v) is 6.63. The SMILES string of the molecule is COCCCC(=O)N(CCCN)Cc1cccnc1. The third-order valence-corrected chi connectivity index (χ3v) is 2.82. The molecular weight excluding hydrogens is 242 g/mol. The summed E-state index contributed by atoms with van der Waals surface area (Å²) in [7, 11) is 1.65. The van der Waals surface area contributed by atoms with E-state index >= 15 is 0 Å². The van der Waals surface area contributed by atoms with Gasteiger partial charge in [-0.25, -0.2) is 0 Å². The Morgan fingerprint density at radius 1 is 1.47 bits per heavy atom. The van der Waals surface area contributed by atoms with Gasteiger partial charge in [-0.15, -0.1) is 0 Å². The van der Waals surface area contributed by atoms with Crippen LogP contribution in [0.1, 0.15) is 24.8 Å². The third kappa shape index (κ3) is 6.31. The predicted molar refractivity (Wildman–Crippen MR) is 74.4 cm³/mol. The molecule has 1 rings (SSSR count). The molecule has 106 valence electrons. The van der Waals surface area contributed by atoms with Crippen LogP contribution in [0.15, 0.2) is 24.5 Å². The Kier molecular flexibility index (Phi) is 7.77. The minimum absolute atomic E-state index is 0.148. The molecule has 1 heterocycles. The average Bonchev–Trinajstić information content (AvgIpc) is 2.44. The van der Waals surface area contributed by atoms with Crippen molar-refractivity contribution >= 4 is 5.91 Å². The van der Waals surface area contributed by atoms with Crippen LogP contribution in [0.5, 0.6) is 0 Å². The van der Waals surface area contributed by atoms with E-state index in [-0.39, 0.29) is 5.91 Å². The molecule has 0 aliphatic rings. The number of carbonyl (C=O) groups is 1. The van der Waals surface area contributed by atoms with Gasteiger partial charge in [0.15, 0.2) is 0 Å². The van der Waals surface area contributed by atoms with Crippen molar-refractivity contribution in [1.82, 2.24) is 9.88 Å². The van der Waals surface area contributed by atoms with Crippen molar-refractivity contribution in [3.63, 3.8) is 0 Å². The highest BCUT2D eigenvalue weighted by atomic mass is 16.5. The fourth-order valence-electron chi connectivity index (χ4n) is 1.81. The number of ether oxygens (including phenoxy) is 1. The van der Waals surface area contributed by atoms with E-state index in [2.05, 4.69) is 4.98 Å². The number of nitrogens with zero attached hydrogens (tertiary/aromatic N) is 2. The monoisotopic (exact) mass is 265 g/mol. The summed E-state index contributed by atoms with van der Waals surface area (Å²) in [6.07, 6.45) is 5.60. The lowest BCUT2D eigenvalue weighted by atomic mass is 10.2. The summed E-state index contributed by atoms with van der Waals surface area (Å²) in [6, 6.07) is 3.86. The van der Waals surface area contributed by atoms with E-state index in [9.17, 15) is 4.79 Å². The van der Waals surface area contributed by atoms with Crippen molar-refractivity contribution in [1.29, 1.82) is 0 Å². The quantitative estimate of drug-likeness (QED) is 0.681. The average molecular weight is 265 g/mol. The highest BCUT2D eigenvalue weighted by Crippen LogP contribution is 2.07. The van der Waals surface area contributed by atoms with Crippen molar-refractivity contribution in [2.75, 3.05) is 26.8 Å². The number of carbonyl (C=O) groups excluding carboxylic acids is 1. The highest BCUT2D eigenvalue weighted by Gasteiger charge is 2.13. The minimum Gasteiger partial charge on any atom is -0.385 e. The predicted octanol–water partition coefficient (Wildman–Crippen LogP) is 1.19. The summed E-state index contributed by atoms with van der Waals surface area (Å²) in [4.78, 5) is 18.1. The fraction of sp³-hybridized carbons (Fsp3) is 0.571. The zero-order chi connectivity index (χ0) is 13.9. The van der Waals surface area contributed by atoms with Crippen LogP contribution in [-0.2, 0) is 16.1 Å². The maximum atomic E-state index is 12.1. The minimum atomic E-state index is 0.148. The van der Waals surface area contributed by atoms with E-state index in [1.165, 1.54) is 0 Å². The molecule has 0 spiro atoms. The molecule has 5 nitrogen and oxygen atoms in total. The first-order valence-electron chi connectivity index (χ1n) is 6.63. The summed E-state index contributed by atoms with van der Waals surface area (Å²) in [6.45, 7) is 2.50. The topological polar surface area (TPSA) is 68.5 Å². The van der Waals surface area contributed by atoms with E-state index in [4.69, 9.17) is 10.5 Å². The molecule has 0 aliphatic heterocycles. The number of aromatic nitrogens is 1. The summed E-state index contributed by atoms with van der Waals surface area (Å²) >= 11 is 0. The van der Waals surface area contributed by atoms with Crippen LogP contribution in [0.4, 0.5) is 0 Å². The Bertz CT molecular complexity index is 357. The lowest BCUT2D eigenvalue weighted by Gasteiger charge is -2.22. The first-order chi connectivity index (χ1) is 9.27. The van der Waals surface area contributed by atoms with Crippen molar-refractivity contribution in [2.45, 2.75) is 25.8 Å². The van der Waals surface area contributed by atoms with Gasteiger partial charge in [-0.2, -0.15) is 0 Å². The highest BCUT2D eigenvalue weighted by molar-refractivity contribution is 5.76. The van der Waals surface area contributed by atoms with Gasteiger partial charge in [0.05, 0.1) is 0 Å². The van der Waals surface area contributed by atoms with Crippen molar-refractivity contribution in [3.05, 3.63) is 30.1 Å². The van der Waals surface area contributed by atoms with E-state index in [0.717, 1.165) is 18.4 Å². The normalized spacial score (nSPS) is 10.4. The Hall–Kier alpha value is -1.46. The van der Waals surface area contributed by atoms with Gasteiger partial charge in [0.2, 0.25) is 5.91 Å². The number of pyridine rings is 1. The molecule has 0 bridgehead atoms. The fourth-order valence-corrected chi connectivity index (χ4v) is 1.81.